The Morgan fingerprint density at radius 2 is 1.80 bits per heavy atom. The smallest absolute Gasteiger partial charge is 0.410 e. The molecule has 0 saturated carbocycles. The summed E-state index contributed by atoms with van der Waals surface area (Å²) in [6.07, 6.45) is 1.11. The molecular weight excluding hydrogens is 651 g/mol. The van der Waals surface area contributed by atoms with Gasteiger partial charge >= 0.3 is 6.09 Å². The number of aryl methyl sites for hydroxylation is 1. The maximum Gasteiger partial charge on any atom is 0.410 e. The van der Waals surface area contributed by atoms with Gasteiger partial charge in [-0.05, 0) is 54.8 Å². The second-order valence-electron chi connectivity index (χ2n) is 13.9. The van der Waals surface area contributed by atoms with E-state index < -0.39 is 23.2 Å². The van der Waals surface area contributed by atoms with Gasteiger partial charge in [0.15, 0.2) is 0 Å². The van der Waals surface area contributed by atoms with Gasteiger partial charge in [0.25, 0.3) is 11.7 Å². The normalized spacial score (nSPS) is 14.2. The number of hydrogen-bond donors (Lipinski definition) is 2. The van der Waals surface area contributed by atoms with Crippen LogP contribution in [0.5, 0.6) is 0 Å². The zero-order valence-electron chi connectivity index (χ0n) is 29.2. The summed E-state index contributed by atoms with van der Waals surface area (Å²) in [5.74, 6) is -0.704. The van der Waals surface area contributed by atoms with Gasteiger partial charge in [0.05, 0.1) is 17.1 Å². The fourth-order valence-corrected chi connectivity index (χ4v) is 6.38. The number of nitrogens with zero attached hydrogens (tertiary/aromatic N) is 6. The van der Waals surface area contributed by atoms with E-state index in [4.69, 9.17) is 9.26 Å². The lowest BCUT2D eigenvalue weighted by atomic mass is 9.96. The van der Waals surface area contributed by atoms with Gasteiger partial charge in [0, 0.05) is 53.7 Å². The zero-order valence-corrected chi connectivity index (χ0v) is 29.2. The van der Waals surface area contributed by atoms with E-state index in [0.29, 0.717) is 59.9 Å². The Hall–Kier alpha value is -5.85. The number of H-pyrrole nitrogens is 1. The number of carbonyl (C=O) groups excluding carboxylic acids is 2. The van der Waals surface area contributed by atoms with Crippen molar-refractivity contribution in [2.45, 2.75) is 52.7 Å². The third-order valence-electron chi connectivity index (χ3n) is 9.18. The molecular formula is C38H39FN8O4. The first-order chi connectivity index (χ1) is 24.5. The van der Waals surface area contributed by atoms with Crippen molar-refractivity contribution >= 4 is 39.6 Å². The van der Waals surface area contributed by atoms with Crippen molar-refractivity contribution in [2.75, 3.05) is 31.1 Å². The van der Waals surface area contributed by atoms with Gasteiger partial charge in [0.2, 0.25) is 5.89 Å². The fourth-order valence-electron chi connectivity index (χ4n) is 6.38. The van der Waals surface area contributed by atoms with Gasteiger partial charge in [-0.2, -0.15) is 4.98 Å². The van der Waals surface area contributed by atoms with E-state index in [2.05, 4.69) is 35.3 Å². The summed E-state index contributed by atoms with van der Waals surface area (Å²) in [6, 6.07) is 18.4. The number of rotatable bonds is 7. The lowest BCUT2D eigenvalue weighted by Crippen LogP contribution is -2.48. The molecule has 12 nitrogen and oxygen atoms in total. The Kier molecular flexibility index (Phi) is 8.88. The van der Waals surface area contributed by atoms with E-state index in [9.17, 15) is 9.59 Å². The SMILES string of the molecule is Cc1cc(-c2ncnc3[nH]c4cc(N5CCN(C(=O)OCc6ccccc6)CC5)ccc4c23)c(F)cc1[C@@H](C)NC(=O)c1noc(C(C)(C)C)n1. The quantitative estimate of drug-likeness (QED) is 0.184. The number of piperazine rings is 1. The van der Waals surface area contributed by atoms with Gasteiger partial charge < -0.3 is 29.4 Å². The van der Waals surface area contributed by atoms with Gasteiger partial charge in [-0.15, -0.1) is 0 Å². The molecule has 0 unspecified atom stereocenters. The number of fused-ring (bicyclic) bond motifs is 3. The molecule has 2 N–H and O–H groups in total. The summed E-state index contributed by atoms with van der Waals surface area (Å²) < 4.78 is 26.7. The van der Waals surface area contributed by atoms with Crippen molar-refractivity contribution in [3.05, 3.63) is 101 Å². The summed E-state index contributed by atoms with van der Waals surface area (Å²) in [6.45, 7) is 12.0. The van der Waals surface area contributed by atoms with E-state index >= 15 is 4.39 Å². The van der Waals surface area contributed by atoms with E-state index in [1.54, 1.807) is 17.9 Å². The summed E-state index contributed by atoms with van der Waals surface area (Å²) in [4.78, 5) is 46.1. The van der Waals surface area contributed by atoms with Crippen LogP contribution in [-0.2, 0) is 16.8 Å². The largest absolute Gasteiger partial charge is 0.445 e. The molecule has 262 valence electrons. The van der Waals surface area contributed by atoms with Crippen LogP contribution in [0.15, 0.2) is 71.5 Å². The predicted molar refractivity (Wildman–Crippen MR) is 191 cm³/mol. The summed E-state index contributed by atoms with van der Waals surface area (Å²) in [5.41, 5.74) is 5.17. The number of aromatic nitrogens is 5. The molecule has 2 amide bonds. The lowest BCUT2D eigenvalue weighted by Gasteiger charge is -2.35. The van der Waals surface area contributed by atoms with Crippen LogP contribution in [0.1, 0.15) is 66.9 Å². The molecule has 7 rings (SSSR count). The molecule has 1 aliphatic heterocycles. The van der Waals surface area contributed by atoms with Gasteiger partial charge in [-0.3, -0.25) is 4.79 Å². The molecule has 1 aliphatic rings. The number of aromatic amines is 1. The van der Waals surface area contributed by atoms with Crippen LogP contribution >= 0.6 is 0 Å². The molecule has 3 aromatic carbocycles. The topological polar surface area (TPSA) is 142 Å². The highest BCUT2D eigenvalue weighted by molar-refractivity contribution is 6.12. The average Bonchev–Trinajstić information content (AvgIpc) is 3.78. The first-order valence-corrected chi connectivity index (χ1v) is 16.9. The zero-order chi connectivity index (χ0) is 35.9. The summed E-state index contributed by atoms with van der Waals surface area (Å²) >= 11 is 0. The van der Waals surface area contributed by atoms with Crippen molar-refractivity contribution in [1.82, 2.24) is 35.3 Å². The minimum absolute atomic E-state index is 0.0751. The maximum absolute atomic E-state index is 16.0. The van der Waals surface area contributed by atoms with Crippen molar-refractivity contribution in [2.24, 2.45) is 0 Å². The van der Waals surface area contributed by atoms with E-state index in [-0.39, 0.29) is 18.5 Å². The highest BCUT2D eigenvalue weighted by Gasteiger charge is 2.27. The van der Waals surface area contributed by atoms with Gasteiger partial charge in [-0.25, -0.2) is 19.2 Å². The standard InChI is InChI=1S/C38H39FN8O4/c1-22-17-28(29(39)19-27(22)23(2)42-35(48)34-44-36(51-45-34)38(3,4)5)32-31-26-12-11-25(18-30(26)43-33(31)41-21-40-32)46-13-15-47(16-14-46)37(49)50-20-24-9-7-6-8-10-24/h6-12,17-19,21,23H,13-16,20H2,1-5H3,(H,42,48)(H,40,41,43)/t23-/m1/s1. The average molecular weight is 691 g/mol. The maximum atomic E-state index is 16.0. The van der Waals surface area contributed by atoms with Crippen LogP contribution in [0, 0.1) is 12.7 Å². The van der Waals surface area contributed by atoms with Gasteiger partial charge in [-0.1, -0.05) is 62.3 Å². The number of nitrogens with one attached hydrogen (secondary N) is 2. The van der Waals surface area contributed by atoms with Crippen LogP contribution in [0.2, 0.25) is 0 Å². The van der Waals surface area contributed by atoms with Crippen molar-refractivity contribution in [3.8, 4) is 11.3 Å². The van der Waals surface area contributed by atoms with Crippen LogP contribution in [0.25, 0.3) is 33.2 Å². The van der Waals surface area contributed by atoms with E-state index in [1.807, 2.05) is 76.2 Å². The number of carbonyl (C=O) groups is 2. The third kappa shape index (κ3) is 6.83. The molecule has 13 heteroatoms. The number of benzene rings is 3. The number of ether oxygens (including phenoxy) is 1. The third-order valence-corrected chi connectivity index (χ3v) is 9.18. The predicted octanol–water partition coefficient (Wildman–Crippen LogP) is 6.86. The second kappa shape index (κ2) is 13.5. The number of amides is 2. The molecule has 0 spiro atoms. The Morgan fingerprint density at radius 3 is 2.53 bits per heavy atom. The van der Waals surface area contributed by atoms with Crippen LogP contribution in [-0.4, -0.2) is 68.2 Å². The first kappa shape index (κ1) is 33.6. The Bertz CT molecular complexity index is 2240. The Morgan fingerprint density at radius 1 is 1.04 bits per heavy atom. The van der Waals surface area contributed by atoms with Crippen LogP contribution in [0.3, 0.4) is 0 Å². The fraction of sp³-hybridized carbons (Fsp3) is 0.316. The van der Waals surface area contributed by atoms with E-state index in [1.165, 1.54) is 12.4 Å². The van der Waals surface area contributed by atoms with Crippen molar-refractivity contribution in [1.29, 1.82) is 0 Å². The van der Waals surface area contributed by atoms with E-state index in [0.717, 1.165) is 27.7 Å². The first-order valence-electron chi connectivity index (χ1n) is 16.9. The molecule has 1 atom stereocenters. The summed E-state index contributed by atoms with van der Waals surface area (Å²) in [5, 5.41) is 8.25. The Balaban J connectivity index is 1.07. The Labute approximate surface area is 294 Å². The van der Waals surface area contributed by atoms with Crippen LogP contribution in [0.4, 0.5) is 14.9 Å². The molecule has 3 aromatic heterocycles. The molecule has 1 saturated heterocycles. The minimum Gasteiger partial charge on any atom is -0.445 e. The molecule has 51 heavy (non-hydrogen) atoms. The van der Waals surface area contributed by atoms with Crippen LogP contribution < -0.4 is 10.2 Å². The molecule has 4 heterocycles. The highest BCUT2D eigenvalue weighted by atomic mass is 19.1. The molecule has 6 aromatic rings. The minimum atomic E-state index is -0.531. The monoisotopic (exact) mass is 690 g/mol. The number of halogens is 1. The second-order valence-corrected chi connectivity index (χ2v) is 13.9. The lowest BCUT2D eigenvalue weighted by molar-refractivity contribution is 0.0923. The van der Waals surface area contributed by atoms with Crippen molar-refractivity contribution < 1.29 is 23.2 Å². The molecule has 0 aliphatic carbocycles. The molecule has 1 fully saturated rings. The van der Waals surface area contributed by atoms with Crippen molar-refractivity contribution in [3.63, 3.8) is 0 Å². The molecule has 0 bridgehead atoms. The number of anilines is 1. The summed E-state index contributed by atoms with van der Waals surface area (Å²) in [7, 11) is 0. The highest BCUT2D eigenvalue weighted by Crippen LogP contribution is 2.36. The van der Waals surface area contributed by atoms with Gasteiger partial charge in [0.1, 0.15) is 24.4 Å². The molecule has 0 radical (unpaired) electrons. The number of hydrogen-bond acceptors (Lipinski definition) is 9.